The Morgan fingerprint density at radius 3 is 2.35 bits per heavy atom. The zero-order valence-corrected chi connectivity index (χ0v) is 12.7. The van der Waals surface area contributed by atoms with E-state index < -0.39 is 16.9 Å². The lowest BCUT2D eigenvalue weighted by Crippen LogP contribution is -2.30. The van der Waals surface area contributed by atoms with Gasteiger partial charge in [0.2, 0.25) is 0 Å². The fraction of sp³-hybridized carbons (Fsp3) is 0.188. The van der Waals surface area contributed by atoms with Crippen LogP contribution < -0.4 is 14.8 Å². The molecule has 0 heterocycles. The highest BCUT2D eigenvalue weighted by molar-refractivity contribution is 5.96. The maximum atomic E-state index is 12.1. The van der Waals surface area contributed by atoms with E-state index in [0.717, 1.165) is 0 Å². The standard InChI is InChI=1S/C16H16N2O5/c1-11(23-13-9-7-12(22-2)8-10-13)16(19)17-14-5-3-4-6-15(14)18(20)21/h3-11H,1-2H3,(H,17,19)/t11-/m0/s1. The molecule has 0 unspecified atom stereocenters. The summed E-state index contributed by atoms with van der Waals surface area (Å²) in [5, 5.41) is 13.4. The molecule has 0 aliphatic rings. The molecule has 7 heteroatoms. The van der Waals surface area contributed by atoms with Crippen molar-refractivity contribution in [2.75, 3.05) is 12.4 Å². The maximum Gasteiger partial charge on any atom is 0.292 e. The minimum absolute atomic E-state index is 0.132. The normalized spacial score (nSPS) is 11.4. The van der Waals surface area contributed by atoms with Gasteiger partial charge in [-0.15, -0.1) is 0 Å². The van der Waals surface area contributed by atoms with Crippen LogP contribution in [0.5, 0.6) is 11.5 Å². The van der Waals surface area contributed by atoms with Gasteiger partial charge in [0.05, 0.1) is 12.0 Å². The first-order chi connectivity index (χ1) is 11.0. The summed E-state index contributed by atoms with van der Waals surface area (Å²) in [6.07, 6.45) is -0.816. The zero-order valence-electron chi connectivity index (χ0n) is 12.7. The van der Waals surface area contributed by atoms with Crippen LogP contribution in [0.3, 0.4) is 0 Å². The number of carbonyl (C=O) groups excluding carboxylic acids is 1. The van der Waals surface area contributed by atoms with Crippen molar-refractivity contribution in [3.8, 4) is 11.5 Å². The SMILES string of the molecule is COc1ccc(O[C@@H](C)C(=O)Nc2ccccc2[N+](=O)[O-])cc1. The molecule has 0 saturated carbocycles. The monoisotopic (exact) mass is 316 g/mol. The molecule has 0 bridgehead atoms. The molecule has 23 heavy (non-hydrogen) atoms. The topological polar surface area (TPSA) is 90.7 Å². The molecule has 120 valence electrons. The smallest absolute Gasteiger partial charge is 0.292 e. The molecule has 0 saturated heterocycles. The number of para-hydroxylation sites is 2. The van der Waals surface area contributed by atoms with E-state index in [-0.39, 0.29) is 11.4 Å². The number of amides is 1. The molecule has 2 rings (SSSR count). The van der Waals surface area contributed by atoms with Gasteiger partial charge < -0.3 is 14.8 Å². The summed E-state index contributed by atoms with van der Waals surface area (Å²) < 4.78 is 10.5. The Bertz CT molecular complexity index is 700. The molecule has 7 nitrogen and oxygen atoms in total. The van der Waals surface area contributed by atoms with Crippen LogP contribution in [0, 0.1) is 10.1 Å². The van der Waals surface area contributed by atoms with Crippen LogP contribution in [0.2, 0.25) is 0 Å². The quantitative estimate of drug-likeness (QED) is 0.653. The number of nitrogens with one attached hydrogen (secondary N) is 1. The van der Waals surface area contributed by atoms with E-state index in [1.54, 1.807) is 44.4 Å². The molecule has 0 radical (unpaired) electrons. The number of hydrogen-bond acceptors (Lipinski definition) is 5. The van der Waals surface area contributed by atoms with Crippen LogP contribution >= 0.6 is 0 Å². The van der Waals surface area contributed by atoms with E-state index in [1.165, 1.54) is 18.2 Å². The van der Waals surface area contributed by atoms with Gasteiger partial charge in [0.25, 0.3) is 11.6 Å². The van der Waals surface area contributed by atoms with Crippen molar-refractivity contribution >= 4 is 17.3 Å². The highest BCUT2D eigenvalue weighted by atomic mass is 16.6. The average Bonchev–Trinajstić information content (AvgIpc) is 2.55. The minimum Gasteiger partial charge on any atom is -0.497 e. The number of anilines is 1. The number of benzene rings is 2. The number of nitro groups is 1. The summed E-state index contributed by atoms with van der Waals surface area (Å²) in [4.78, 5) is 22.5. The van der Waals surface area contributed by atoms with Crippen molar-refractivity contribution in [1.82, 2.24) is 0 Å². The van der Waals surface area contributed by atoms with Gasteiger partial charge in [0.15, 0.2) is 6.10 Å². The number of nitro benzene ring substituents is 1. The van der Waals surface area contributed by atoms with Crippen LogP contribution in [0.15, 0.2) is 48.5 Å². The number of methoxy groups -OCH3 is 1. The summed E-state index contributed by atoms with van der Waals surface area (Å²) in [5.74, 6) is 0.695. The number of hydrogen-bond donors (Lipinski definition) is 1. The van der Waals surface area contributed by atoms with Crippen LogP contribution in [-0.4, -0.2) is 24.0 Å². The molecule has 0 aromatic heterocycles. The van der Waals surface area contributed by atoms with Crippen molar-refractivity contribution in [2.24, 2.45) is 0 Å². The number of ether oxygens (including phenoxy) is 2. The highest BCUT2D eigenvalue weighted by Crippen LogP contribution is 2.24. The van der Waals surface area contributed by atoms with Crippen molar-refractivity contribution in [3.63, 3.8) is 0 Å². The van der Waals surface area contributed by atoms with Crippen LogP contribution in [0.4, 0.5) is 11.4 Å². The Labute approximate surface area is 133 Å². The second kappa shape index (κ2) is 7.26. The molecule has 2 aromatic rings. The van der Waals surface area contributed by atoms with Gasteiger partial charge >= 0.3 is 0 Å². The molecule has 0 fully saturated rings. The van der Waals surface area contributed by atoms with E-state index in [1.807, 2.05) is 0 Å². The van der Waals surface area contributed by atoms with Gasteiger partial charge in [0, 0.05) is 6.07 Å². The van der Waals surface area contributed by atoms with E-state index in [0.29, 0.717) is 11.5 Å². The zero-order chi connectivity index (χ0) is 16.8. The molecular formula is C16H16N2O5. The first-order valence-electron chi connectivity index (χ1n) is 6.86. The van der Waals surface area contributed by atoms with Gasteiger partial charge in [-0.1, -0.05) is 12.1 Å². The Morgan fingerprint density at radius 1 is 1.13 bits per heavy atom. The highest BCUT2D eigenvalue weighted by Gasteiger charge is 2.19. The van der Waals surface area contributed by atoms with E-state index in [9.17, 15) is 14.9 Å². The fourth-order valence-corrected chi connectivity index (χ4v) is 1.88. The summed E-state index contributed by atoms with van der Waals surface area (Å²) in [5.41, 5.74) is -0.0369. The summed E-state index contributed by atoms with van der Waals surface area (Å²) >= 11 is 0. The largest absolute Gasteiger partial charge is 0.497 e. The molecule has 2 aromatic carbocycles. The number of rotatable bonds is 6. The third-order valence-corrected chi connectivity index (χ3v) is 3.10. The van der Waals surface area contributed by atoms with Gasteiger partial charge in [-0.3, -0.25) is 14.9 Å². The van der Waals surface area contributed by atoms with Crippen molar-refractivity contribution < 1.29 is 19.2 Å². The van der Waals surface area contributed by atoms with E-state index in [4.69, 9.17) is 9.47 Å². The van der Waals surface area contributed by atoms with Gasteiger partial charge in [-0.05, 0) is 37.3 Å². The lowest BCUT2D eigenvalue weighted by atomic mass is 10.2. The second-order valence-corrected chi connectivity index (χ2v) is 4.70. The predicted molar refractivity (Wildman–Crippen MR) is 84.8 cm³/mol. The van der Waals surface area contributed by atoms with Crippen LogP contribution in [0.1, 0.15) is 6.92 Å². The van der Waals surface area contributed by atoms with E-state index >= 15 is 0 Å². The first-order valence-corrected chi connectivity index (χ1v) is 6.86. The molecule has 1 atom stereocenters. The Hall–Kier alpha value is -3.09. The van der Waals surface area contributed by atoms with Gasteiger partial charge in [-0.25, -0.2) is 0 Å². The van der Waals surface area contributed by atoms with Crippen molar-refractivity contribution in [3.05, 3.63) is 58.6 Å². The predicted octanol–water partition coefficient (Wildman–Crippen LogP) is 3.01. The minimum atomic E-state index is -0.816. The second-order valence-electron chi connectivity index (χ2n) is 4.70. The molecule has 1 amide bonds. The first kappa shape index (κ1) is 16.3. The third kappa shape index (κ3) is 4.19. The van der Waals surface area contributed by atoms with Crippen molar-refractivity contribution in [2.45, 2.75) is 13.0 Å². The Kier molecular flexibility index (Phi) is 5.14. The summed E-state index contributed by atoms with van der Waals surface area (Å²) in [6, 6.07) is 12.7. The van der Waals surface area contributed by atoms with Gasteiger partial charge in [-0.2, -0.15) is 0 Å². The average molecular weight is 316 g/mol. The fourth-order valence-electron chi connectivity index (χ4n) is 1.88. The Balaban J connectivity index is 2.04. The Morgan fingerprint density at radius 2 is 1.74 bits per heavy atom. The molecule has 0 spiro atoms. The lowest BCUT2D eigenvalue weighted by Gasteiger charge is -2.15. The maximum absolute atomic E-state index is 12.1. The van der Waals surface area contributed by atoms with Crippen LogP contribution in [0.25, 0.3) is 0 Å². The molecule has 0 aliphatic carbocycles. The van der Waals surface area contributed by atoms with Crippen molar-refractivity contribution in [1.29, 1.82) is 0 Å². The molecule has 1 N–H and O–H groups in total. The third-order valence-electron chi connectivity index (χ3n) is 3.10. The van der Waals surface area contributed by atoms with Gasteiger partial charge in [0.1, 0.15) is 17.2 Å². The molecule has 0 aliphatic heterocycles. The summed E-state index contributed by atoms with van der Waals surface area (Å²) in [6.45, 7) is 1.56. The number of nitrogens with zero attached hydrogens (tertiary/aromatic N) is 1. The number of carbonyl (C=O) groups is 1. The lowest BCUT2D eigenvalue weighted by molar-refractivity contribution is -0.383. The summed E-state index contributed by atoms with van der Waals surface area (Å²) in [7, 11) is 1.55. The van der Waals surface area contributed by atoms with E-state index in [2.05, 4.69) is 5.32 Å². The molecular weight excluding hydrogens is 300 g/mol. The van der Waals surface area contributed by atoms with Crippen LogP contribution in [-0.2, 0) is 4.79 Å².